The van der Waals surface area contributed by atoms with Crippen molar-refractivity contribution in [2.45, 2.75) is 30.8 Å². The molecule has 0 unspecified atom stereocenters. The second kappa shape index (κ2) is 6.94. The molecule has 1 aliphatic rings. The first-order valence-corrected chi connectivity index (χ1v) is 9.47. The number of thioether (sulfide) groups is 1. The molecule has 3 rings (SSSR count). The van der Waals surface area contributed by atoms with Crippen molar-refractivity contribution in [1.82, 2.24) is 20.2 Å². The first kappa shape index (κ1) is 17.0. The fourth-order valence-corrected chi connectivity index (χ4v) is 4.83. The van der Waals surface area contributed by atoms with E-state index < -0.39 is 11.9 Å². The van der Waals surface area contributed by atoms with Gasteiger partial charge in [0.1, 0.15) is 4.83 Å². The summed E-state index contributed by atoms with van der Waals surface area (Å²) in [5, 5.41) is 5.72. The van der Waals surface area contributed by atoms with Crippen molar-refractivity contribution in [2.24, 2.45) is 7.05 Å². The van der Waals surface area contributed by atoms with E-state index in [1.807, 2.05) is 0 Å². The van der Waals surface area contributed by atoms with E-state index in [-0.39, 0.29) is 11.3 Å². The normalized spacial score (nSPS) is 13.6. The van der Waals surface area contributed by atoms with Gasteiger partial charge >= 0.3 is 6.03 Å². The maximum absolute atomic E-state index is 12.7. The summed E-state index contributed by atoms with van der Waals surface area (Å²) in [7, 11) is 3.11. The quantitative estimate of drug-likeness (QED) is 0.633. The molecule has 9 heteroatoms. The van der Waals surface area contributed by atoms with Crippen LogP contribution in [0.5, 0.6) is 0 Å². The van der Waals surface area contributed by atoms with E-state index in [2.05, 4.69) is 15.6 Å². The Labute approximate surface area is 146 Å². The van der Waals surface area contributed by atoms with Crippen molar-refractivity contribution in [1.29, 1.82) is 0 Å². The number of fused-ring (bicyclic) bond motifs is 3. The Bertz CT molecular complexity index is 872. The lowest BCUT2D eigenvalue weighted by Crippen LogP contribution is -2.38. The van der Waals surface area contributed by atoms with Crippen LogP contribution in [0.25, 0.3) is 10.2 Å². The SMILES string of the molecule is CNC(=O)NC(=O)CSc1nc2sc3c(c2c(=O)n1C)CCCC3. The van der Waals surface area contributed by atoms with Gasteiger partial charge in [0, 0.05) is 19.0 Å². The fourth-order valence-electron chi connectivity index (χ4n) is 2.75. The minimum Gasteiger partial charge on any atom is -0.341 e. The lowest BCUT2D eigenvalue weighted by atomic mass is 9.97. The number of amides is 3. The molecule has 3 amide bonds. The number of nitrogens with zero attached hydrogens (tertiary/aromatic N) is 2. The van der Waals surface area contributed by atoms with Crippen LogP contribution in [-0.2, 0) is 24.7 Å². The standard InChI is InChI=1S/C15H18N4O3S2/c1-16-14(22)17-10(20)7-23-15-18-12-11(13(21)19(15)2)8-5-3-4-6-9(8)24-12/h3-7H2,1-2H3,(H2,16,17,20,22). The van der Waals surface area contributed by atoms with E-state index >= 15 is 0 Å². The number of carbonyl (C=O) groups is 2. The molecule has 2 aromatic rings. The lowest BCUT2D eigenvalue weighted by Gasteiger charge is -2.10. The van der Waals surface area contributed by atoms with E-state index in [1.54, 1.807) is 18.4 Å². The highest BCUT2D eigenvalue weighted by atomic mass is 32.2. The summed E-state index contributed by atoms with van der Waals surface area (Å²) >= 11 is 2.73. The van der Waals surface area contributed by atoms with E-state index in [9.17, 15) is 14.4 Å². The number of aromatic nitrogens is 2. The molecule has 24 heavy (non-hydrogen) atoms. The molecule has 0 radical (unpaired) electrons. The molecule has 1 aliphatic carbocycles. The summed E-state index contributed by atoms with van der Waals surface area (Å²) in [6, 6.07) is -0.552. The third kappa shape index (κ3) is 3.18. The molecular formula is C15H18N4O3S2. The van der Waals surface area contributed by atoms with Crippen molar-refractivity contribution < 1.29 is 9.59 Å². The predicted octanol–water partition coefficient (Wildman–Crippen LogP) is 1.42. The Morgan fingerprint density at radius 1 is 1.33 bits per heavy atom. The van der Waals surface area contributed by atoms with E-state index in [1.165, 1.54) is 16.5 Å². The van der Waals surface area contributed by atoms with Gasteiger partial charge < -0.3 is 5.32 Å². The monoisotopic (exact) mass is 366 g/mol. The van der Waals surface area contributed by atoms with Gasteiger partial charge in [-0.1, -0.05) is 11.8 Å². The van der Waals surface area contributed by atoms with Gasteiger partial charge in [-0.3, -0.25) is 19.5 Å². The summed E-state index contributed by atoms with van der Waals surface area (Å²) in [5.41, 5.74) is 1.09. The number of hydrogen-bond acceptors (Lipinski definition) is 6. The average molecular weight is 366 g/mol. The zero-order chi connectivity index (χ0) is 17.3. The highest BCUT2D eigenvalue weighted by Crippen LogP contribution is 2.34. The van der Waals surface area contributed by atoms with Gasteiger partial charge in [0.15, 0.2) is 5.16 Å². The summed E-state index contributed by atoms with van der Waals surface area (Å²) in [6.45, 7) is 0. The number of nitrogens with one attached hydrogen (secondary N) is 2. The van der Waals surface area contributed by atoms with Crippen LogP contribution in [0.2, 0.25) is 0 Å². The summed E-state index contributed by atoms with van der Waals surface area (Å²) in [4.78, 5) is 42.1. The van der Waals surface area contributed by atoms with Crippen molar-refractivity contribution in [3.63, 3.8) is 0 Å². The zero-order valence-electron chi connectivity index (χ0n) is 13.5. The summed E-state index contributed by atoms with van der Waals surface area (Å²) in [5.74, 6) is -0.413. The molecule has 0 aromatic carbocycles. The Morgan fingerprint density at radius 2 is 2.08 bits per heavy atom. The number of carbonyl (C=O) groups excluding carboxylic acids is 2. The van der Waals surface area contributed by atoms with Crippen molar-refractivity contribution in [3.8, 4) is 0 Å². The maximum Gasteiger partial charge on any atom is 0.321 e. The molecule has 128 valence electrons. The molecule has 0 aliphatic heterocycles. The molecule has 0 fully saturated rings. The largest absolute Gasteiger partial charge is 0.341 e. The van der Waals surface area contributed by atoms with Gasteiger partial charge in [-0.25, -0.2) is 9.78 Å². The van der Waals surface area contributed by atoms with E-state index in [0.717, 1.165) is 53.2 Å². The number of aryl methyl sites for hydroxylation is 2. The van der Waals surface area contributed by atoms with Crippen LogP contribution in [0.1, 0.15) is 23.3 Å². The number of rotatable bonds is 3. The second-order valence-corrected chi connectivity index (χ2v) is 7.59. The van der Waals surface area contributed by atoms with Crippen LogP contribution in [0.3, 0.4) is 0 Å². The Morgan fingerprint density at radius 3 is 2.83 bits per heavy atom. The molecular weight excluding hydrogens is 348 g/mol. The van der Waals surface area contributed by atoms with Gasteiger partial charge in [0.25, 0.3) is 5.56 Å². The van der Waals surface area contributed by atoms with Crippen LogP contribution in [0.15, 0.2) is 9.95 Å². The maximum atomic E-state index is 12.7. The average Bonchev–Trinajstić information content (AvgIpc) is 2.95. The fraction of sp³-hybridized carbons (Fsp3) is 0.467. The first-order chi connectivity index (χ1) is 11.5. The molecule has 2 N–H and O–H groups in total. The zero-order valence-corrected chi connectivity index (χ0v) is 15.1. The van der Waals surface area contributed by atoms with Gasteiger partial charge in [0.05, 0.1) is 11.1 Å². The smallest absolute Gasteiger partial charge is 0.321 e. The van der Waals surface area contributed by atoms with Crippen LogP contribution in [0, 0.1) is 0 Å². The highest BCUT2D eigenvalue weighted by Gasteiger charge is 2.21. The second-order valence-electron chi connectivity index (χ2n) is 5.57. The number of hydrogen-bond donors (Lipinski definition) is 2. The minimum atomic E-state index is -0.552. The molecule has 2 heterocycles. The predicted molar refractivity (Wildman–Crippen MR) is 94.8 cm³/mol. The van der Waals surface area contributed by atoms with Crippen LogP contribution < -0.4 is 16.2 Å². The lowest BCUT2D eigenvalue weighted by molar-refractivity contribution is -0.117. The first-order valence-electron chi connectivity index (χ1n) is 7.67. The molecule has 2 aromatic heterocycles. The van der Waals surface area contributed by atoms with Gasteiger partial charge in [-0.15, -0.1) is 11.3 Å². The third-order valence-electron chi connectivity index (χ3n) is 3.97. The molecule has 0 atom stereocenters. The summed E-state index contributed by atoms with van der Waals surface area (Å²) < 4.78 is 1.49. The van der Waals surface area contributed by atoms with Gasteiger partial charge in [-0.05, 0) is 31.2 Å². The highest BCUT2D eigenvalue weighted by molar-refractivity contribution is 7.99. The van der Waals surface area contributed by atoms with Crippen LogP contribution in [0.4, 0.5) is 4.79 Å². The molecule has 0 bridgehead atoms. The van der Waals surface area contributed by atoms with Crippen molar-refractivity contribution in [3.05, 3.63) is 20.8 Å². The molecule has 0 saturated heterocycles. The topological polar surface area (TPSA) is 93.1 Å². The Kier molecular flexibility index (Phi) is 4.91. The van der Waals surface area contributed by atoms with Gasteiger partial charge in [0.2, 0.25) is 5.91 Å². The number of thiophene rings is 1. The van der Waals surface area contributed by atoms with E-state index in [4.69, 9.17) is 0 Å². The Hall–Kier alpha value is -1.87. The molecule has 0 saturated carbocycles. The Balaban J connectivity index is 1.87. The van der Waals surface area contributed by atoms with Crippen LogP contribution in [-0.4, -0.2) is 34.3 Å². The summed E-state index contributed by atoms with van der Waals surface area (Å²) in [6.07, 6.45) is 4.21. The minimum absolute atomic E-state index is 0.0182. The van der Waals surface area contributed by atoms with Crippen molar-refractivity contribution >= 4 is 45.3 Å². The number of urea groups is 1. The third-order valence-corrected chi connectivity index (χ3v) is 6.18. The number of imide groups is 1. The van der Waals surface area contributed by atoms with Crippen LogP contribution >= 0.6 is 23.1 Å². The molecule has 7 nitrogen and oxygen atoms in total. The molecule has 0 spiro atoms. The van der Waals surface area contributed by atoms with Gasteiger partial charge in [-0.2, -0.15) is 0 Å². The van der Waals surface area contributed by atoms with E-state index in [0.29, 0.717) is 5.16 Å². The van der Waals surface area contributed by atoms with Crippen molar-refractivity contribution in [2.75, 3.05) is 12.8 Å².